The second-order valence-electron chi connectivity index (χ2n) is 10.6. The minimum absolute atomic E-state index is 0.0817. The lowest BCUT2D eigenvalue weighted by Gasteiger charge is -2.58. The molecule has 4 aliphatic rings. The standard InChI is InChI=1S/C25H40O/c1-5-6-7-17(2)21-10-11-22-20-9-8-18-16-19(26)12-14-24(18,3)23(20)13-15-25(21,22)4/h6-8,17,19-23,26H,5,9-16H2,1-4H3/b7-6+. The van der Waals surface area contributed by atoms with Crippen molar-refractivity contribution in [2.45, 2.75) is 91.6 Å². The third-order valence-electron chi connectivity index (χ3n) is 9.46. The van der Waals surface area contributed by atoms with Crippen LogP contribution in [-0.2, 0) is 0 Å². The predicted octanol–water partition coefficient (Wildman–Crippen LogP) is 6.53. The first-order chi connectivity index (χ1) is 12.4. The molecule has 0 saturated heterocycles. The zero-order valence-corrected chi connectivity index (χ0v) is 17.5. The van der Waals surface area contributed by atoms with Crippen LogP contribution in [0, 0.1) is 40.4 Å². The monoisotopic (exact) mass is 356 g/mol. The third kappa shape index (κ3) is 2.76. The van der Waals surface area contributed by atoms with Crippen molar-refractivity contribution >= 4 is 0 Å². The summed E-state index contributed by atoms with van der Waals surface area (Å²) in [5, 5.41) is 10.2. The van der Waals surface area contributed by atoms with Gasteiger partial charge in [-0.2, -0.15) is 0 Å². The number of aliphatic hydroxyl groups is 1. The van der Waals surface area contributed by atoms with E-state index >= 15 is 0 Å². The largest absolute Gasteiger partial charge is 0.393 e. The zero-order chi connectivity index (χ0) is 18.5. The maximum absolute atomic E-state index is 10.2. The first kappa shape index (κ1) is 18.8. The van der Waals surface area contributed by atoms with Crippen LogP contribution in [0.15, 0.2) is 23.8 Å². The molecule has 8 atom stereocenters. The molecule has 0 aromatic heterocycles. The van der Waals surface area contributed by atoms with Gasteiger partial charge in [-0.15, -0.1) is 0 Å². The van der Waals surface area contributed by atoms with Gasteiger partial charge in [0.1, 0.15) is 0 Å². The molecule has 8 unspecified atom stereocenters. The van der Waals surface area contributed by atoms with Crippen LogP contribution in [0.25, 0.3) is 0 Å². The Morgan fingerprint density at radius 2 is 1.96 bits per heavy atom. The second kappa shape index (κ2) is 6.80. The molecule has 4 rings (SSSR count). The second-order valence-corrected chi connectivity index (χ2v) is 10.6. The van der Waals surface area contributed by atoms with Gasteiger partial charge in [0.15, 0.2) is 0 Å². The molecule has 0 radical (unpaired) electrons. The van der Waals surface area contributed by atoms with Crippen molar-refractivity contribution in [3.63, 3.8) is 0 Å². The van der Waals surface area contributed by atoms with Gasteiger partial charge in [-0.05, 0) is 98.2 Å². The van der Waals surface area contributed by atoms with Gasteiger partial charge in [0.05, 0.1) is 6.10 Å². The average molecular weight is 357 g/mol. The van der Waals surface area contributed by atoms with Crippen molar-refractivity contribution in [2.24, 2.45) is 40.4 Å². The number of hydrogen-bond acceptors (Lipinski definition) is 1. The molecule has 1 nitrogen and oxygen atoms in total. The van der Waals surface area contributed by atoms with Gasteiger partial charge in [0.2, 0.25) is 0 Å². The lowest BCUT2D eigenvalue weighted by molar-refractivity contribution is -0.0540. The molecule has 3 fully saturated rings. The average Bonchev–Trinajstić information content (AvgIpc) is 2.97. The van der Waals surface area contributed by atoms with Crippen molar-refractivity contribution in [1.82, 2.24) is 0 Å². The molecule has 0 aliphatic heterocycles. The summed E-state index contributed by atoms with van der Waals surface area (Å²) >= 11 is 0. The normalized spacial score (nSPS) is 49.3. The maximum atomic E-state index is 10.2. The molecule has 0 bridgehead atoms. The van der Waals surface area contributed by atoms with Crippen LogP contribution in [0.5, 0.6) is 0 Å². The molecule has 3 saturated carbocycles. The van der Waals surface area contributed by atoms with Gasteiger partial charge >= 0.3 is 0 Å². The lowest BCUT2D eigenvalue weighted by atomic mass is 9.47. The molecule has 26 heavy (non-hydrogen) atoms. The predicted molar refractivity (Wildman–Crippen MR) is 110 cm³/mol. The molecule has 0 heterocycles. The molecule has 0 aromatic rings. The van der Waals surface area contributed by atoms with Gasteiger partial charge in [-0.1, -0.05) is 51.5 Å². The van der Waals surface area contributed by atoms with Gasteiger partial charge in [0.25, 0.3) is 0 Å². The van der Waals surface area contributed by atoms with E-state index in [2.05, 4.69) is 45.9 Å². The zero-order valence-electron chi connectivity index (χ0n) is 17.5. The summed E-state index contributed by atoms with van der Waals surface area (Å²) in [5.41, 5.74) is 2.54. The van der Waals surface area contributed by atoms with E-state index in [1.165, 1.54) is 44.9 Å². The van der Waals surface area contributed by atoms with E-state index < -0.39 is 0 Å². The van der Waals surface area contributed by atoms with Gasteiger partial charge in [-0.25, -0.2) is 0 Å². The van der Waals surface area contributed by atoms with Crippen molar-refractivity contribution in [3.05, 3.63) is 23.8 Å². The van der Waals surface area contributed by atoms with Gasteiger partial charge in [-0.3, -0.25) is 0 Å². The minimum Gasteiger partial charge on any atom is -0.393 e. The molecule has 0 aromatic carbocycles. The highest BCUT2D eigenvalue weighted by molar-refractivity contribution is 5.25. The lowest BCUT2D eigenvalue weighted by Crippen LogP contribution is -2.50. The van der Waals surface area contributed by atoms with Crippen molar-refractivity contribution in [2.75, 3.05) is 0 Å². The van der Waals surface area contributed by atoms with Gasteiger partial charge < -0.3 is 5.11 Å². The van der Waals surface area contributed by atoms with Crippen molar-refractivity contribution in [3.8, 4) is 0 Å². The number of fused-ring (bicyclic) bond motifs is 5. The first-order valence-electron chi connectivity index (χ1n) is 11.4. The summed E-state index contributed by atoms with van der Waals surface area (Å²) in [6.07, 6.45) is 18.7. The Morgan fingerprint density at radius 1 is 1.15 bits per heavy atom. The van der Waals surface area contributed by atoms with Crippen LogP contribution in [-0.4, -0.2) is 11.2 Å². The highest BCUT2D eigenvalue weighted by Crippen LogP contribution is 2.67. The molecule has 0 amide bonds. The van der Waals surface area contributed by atoms with Crippen LogP contribution in [0.4, 0.5) is 0 Å². The van der Waals surface area contributed by atoms with E-state index in [0.717, 1.165) is 42.4 Å². The topological polar surface area (TPSA) is 20.2 Å². The summed E-state index contributed by atoms with van der Waals surface area (Å²) in [6.45, 7) is 9.91. The highest BCUT2D eigenvalue weighted by atomic mass is 16.3. The summed E-state index contributed by atoms with van der Waals surface area (Å²) in [5.74, 6) is 4.29. The van der Waals surface area contributed by atoms with E-state index in [1.54, 1.807) is 5.57 Å². The highest BCUT2D eigenvalue weighted by Gasteiger charge is 2.58. The van der Waals surface area contributed by atoms with E-state index in [-0.39, 0.29) is 6.10 Å². The fourth-order valence-corrected chi connectivity index (χ4v) is 8.03. The minimum atomic E-state index is -0.0817. The molecule has 1 N–H and O–H groups in total. The maximum Gasteiger partial charge on any atom is 0.0577 e. The Hall–Kier alpha value is -0.560. The third-order valence-corrected chi connectivity index (χ3v) is 9.46. The smallest absolute Gasteiger partial charge is 0.0577 e. The molecule has 1 heteroatoms. The fourth-order valence-electron chi connectivity index (χ4n) is 8.03. The number of rotatable bonds is 3. The summed E-state index contributed by atoms with van der Waals surface area (Å²) in [7, 11) is 0. The molecular formula is C25H40O. The van der Waals surface area contributed by atoms with Crippen LogP contribution in [0.1, 0.15) is 85.5 Å². The van der Waals surface area contributed by atoms with E-state index in [0.29, 0.717) is 10.8 Å². The van der Waals surface area contributed by atoms with E-state index in [9.17, 15) is 5.11 Å². The number of allylic oxidation sites excluding steroid dienone is 3. The Labute approximate surface area is 161 Å². The van der Waals surface area contributed by atoms with Crippen LogP contribution in [0.3, 0.4) is 0 Å². The first-order valence-corrected chi connectivity index (χ1v) is 11.4. The van der Waals surface area contributed by atoms with Gasteiger partial charge in [0, 0.05) is 0 Å². The van der Waals surface area contributed by atoms with E-state index in [1.807, 2.05) is 0 Å². The molecule has 146 valence electrons. The fraction of sp³-hybridized carbons (Fsp3) is 0.840. The quantitative estimate of drug-likeness (QED) is 0.570. The summed E-state index contributed by atoms with van der Waals surface area (Å²) in [6, 6.07) is 0. The SMILES string of the molecule is CC/C=C/C(C)C1CCC2C3CC=C4CC(O)CCC4(C)C3CCC12C. The van der Waals surface area contributed by atoms with Crippen LogP contribution in [0.2, 0.25) is 0 Å². The Morgan fingerprint density at radius 3 is 2.73 bits per heavy atom. The Kier molecular flexibility index (Phi) is 4.91. The Bertz CT molecular complexity index is 589. The number of hydrogen-bond donors (Lipinski definition) is 1. The molecule has 4 aliphatic carbocycles. The van der Waals surface area contributed by atoms with Crippen molar-refractivity contribution in [1.29, 1.82) is 0 Å². The van der Waals surface area contributed by atoms with E-state index in [4.69, 9.17) is 0 Å². The van der Waals surface area contributed by atoms with Crippen LogP contribution >= 0.6 is 0 Å². The molecule has 0 spiro atoms. The summed E-state index contributed by atoms with van der Waals surface area (Å²) in [4.78, 5) is 0. The number of aliphatic hydroxyl groups excluding tert-OH is 1. The molecular weight excluding hydrogens is 316 g/mol. The van der Waals surface area contributed by atoms with Crippen LogP contribution < -0.4 is 0 Å². The van der Waals surface area contributed by atoms with Crippen molar-refractivity contribution < 1.29 is 5.11 Å². The Balaban J connectivity index is 1.59. The summed E-state index contributed by atoms with van der Waals surface area (Å²) < 4.78 is 0.